The van der Waals surface area contributed by atoms with Crippen molar-refractivity contribution in [1.29, 1.82) is 0 Å². The summed E-state index contributed by atoms with van der Waals surface area (Å²) >= 11 is 0. The van der Waals surface area contributed by atoms with Crippen molar-refractivity contribution in [3.8, 4) is 0 Å². The van der Waals surface area contributed by atoms with Gasteiger partial charge in [-0.3, -0.25) is 0 Å². The summed E-state index contributed by atoms with van der Waals surface area (Å²) in [6.07, 6.45) is -0.481. The molecule has 0 aliphatic rings. The summed E-state index contributed by atoms with van der Waals surface area (Å²) in [4.78, 5) is 10.9. The number of aliphatic hydroxyl groups excluding tert-OH is 1. The molecule has 2 aromatic carbocycles. The smallest absolute Gasteiger partial charge is 0.111 e. The number of benzene rings is 2. The summed E-state index contributed by atoms with van der Waals surface area (Å²) in [5.41, 5.74) is 2.61. The first-order valence-corrected chi connectivity index (χ1v) is 7.67. The predicted octanol–water partition coefficient (Wildman–Crippen LogP) is 4.20. The van der Waals surface area contributed by atoms with Gasteiger partial charge in [0.15, 0.2) is 0 Å². The Labute approximate surface area is 120 Å². The van der Waals surface area contributed by atoms with Crippen LogP contribution in [0.3, 0.4) is 0 Å². The van der Waals surface area contributed by atoms with Crippen molar-refractivity contribution < 1.29 is 5.11 Å². The van der Waals surface area contributed by atoms with Gasteiger partial charge < -0.3 is 5.11 Å². The normalized spacial score (nSPS) is 14.3. The van der Waals surface area contributed by atoms with Crippen LogP contribution in [0.2, 0.25) is 0 Å². The van der Waals surface area contributed by atoms with E-state index in [4.69, 9.17) is 0 Å². The van der Waals surface area contributed by atoms with E-state index in [0.29, 0.717) is 14.3 Å². The van der Waals surface area contributed by atoms with Crippen LogP contribution in [0.1, 0.15) is 36.7 Å². The van der Waals surface area contributed by atoms with Crippen molar-refractivity contribution in [2.75, 3.05) is 0 Å². The SMILES string of the molecule is CC(O)c1ccccc1PC(C)c1ccccc1N=O. The third-order valence-corrected chi connectivity index (χ3v) is 4.79. The van der Waals surface area contributed by atoms with Crippen LogP contribution in [-0.4, -0.2) is 5.11 Å². The zero-order chi connectivity index (χ0) is 14.5. The molecule has 0 heterocycles. The van der Waals surface area contributed by atoms with Gasteiger partial charge in [-0.25, -0.2) is 0 Å². The Hall–Kier alpha value is -1.57. The van der Waals surface area contributed by atoms with Crippen molar-refractivity contribution in [2.45, 2.75) is 25.6 Å². The molecule has 0 amide bonds. The molecule has 2 rings (SSSR count). The number of rotatable bonds is 5. The highest BCUT2D eigenvalue weighted by molar-refractivity contribution is 7.47. The maximum Gasteiger partial charge on any atom is 0.111 e. The van der Waals surface area contributed by atoms with Crippen LogP contribution in [0.25, 0.3) is 0 Å². The van der Waals surface area contributed by atoms with Gasteiger partial charge >= 0.3 is 0 Å². The van der Waals surface area contributed by atoms with Crippen molar-refractivity contribution >= 4 is 19.6 Å². The van der Waals surface area contributed by atoms with Crippen LogP contribution >= 0.6 is 8.58 Å². The first kappa shape index (κ1) is 14.8. The van der Waals surface area contributed by atoms with Gasteiger partial charge in [-0.15, -0.1) is 4.91 Å². The van der Waals surface area contributed by atoms with Gasteiger partial charge in [0.2, 0.25) is 0 Å². The lowest BCUT2D eigenvalue weighted by molar-refractivity contribution is 0.200. The minimum atomic E-state index is -0.481. The highest BCUT2D eigenvalue weighted by atomic mass is 31.1. The minimum absolute atomic E-state index is 0.198. The summed E-state index contributed by atoms with van der Waals surface area (Å²) in [6, 6.07) is 15.3. The number of hydrogen-bond donors (Lipinski definition) is 1. The van der Waals surface area contributed by atoms with Gasteiger partial charge in [0.1, 0.15) is 5.69 Å². The molecule has 3 atom stereocenters. The van der Waals surface area contributed by atoms with Crippen LogP contribution < -0.4 is 5.30 Å². The fourth-order valence-electron chi connectivity index (χ4n) is 2.24. The molecule has 3 unspecified atom stereocenters. The van der Waals surface area contributed by atoms with E-state index in [2.05, 4.69) is 12.1 Å². The lowest BCUT2D eigenvalue weighted by Crippen LogP contribution is -2.08. The maximum atomic E-state index is 10.9. The fourth-order valence-corrected chi connectivity index (χ4v) is 3.76. The van der Waals surface area contributed by atoms with Crippen LogP contribution in [0.15, 0.2) is 53.7 Å². The largest absolute Gasteiger partial charge is 0.389 e. The Morgan fingerprint density at radius 1 is 1.00 bits per heavy atom. The Kier molecular flexibility index (Phi) is 4.99. The molecule has 0 fully saturated rings. The summed E-state index contributed by atoms with van der Waals surface area (Å²) in [5, 5.41) is 14.1. The second-order valence-electron chi connectivity index (χ2n) is 4.78. The average Bonchev–Trinajstić information content (AvgIpc) is 2.47. The van der Waals surface area contributed by atoms with Crippen molar-refractivity contribution in [3.63, 3.8) is 0 Å². The van der Waals surface area contributed by atoms with Gasteiger partial charge in [-0.1, -0.05) is 58.0 Å². The Balaban J connectivity index is 2.28. The quantitative estimate of drug-likeness (QED) is 0.661. The maximum absolute atomic E-state index is 10.9. The van der Waals surface area contributed by atoms with E-state index in [1.165, 1.54) is 0 Å². The van der Waals surface area contributed by atoms with Crippen molar-refractivity contribution in [3.05, 3.63) is 64.6 Å². The Morgan fingerprint density at radius 2 is 1.60 bits per heavy atom. The highest BCUT2D eigenvalue weighted by Gasteiger charge is 2.14. The van der Waals surface area contributed by atoms with Crippen LogP contribution in [0.5, 0.6) is 0 Å². The molecule has 0 aliphatic carbocycles. The topological polar surface area (TPSA) is 49.7 Å². The Bertz CT molecular complexity index is 599. The third-order valence-electron chi connectivity index (χ3n) is 3.28. The van der Waals surface area contributed by atoms with Gasteiger partial charge in [-0.2, -0.15) is 0 Å². The number of aliphatic hydroxyl groups is 1. The van der Waals surface area contributed by atoms with E-state index >= 15 is 0 Å². The lowest BCUT2D eigenvalue weighted by Gasteiger charge is -2.17. The van der Waals surface area contributed by atoms with Crippen LogP contribution in [-0.2, 0) is 0 Å². The monoisotopic (exact) mass is 287 g/mol. The van der Waals surface area contributed by atoms with Gasteiger partial charge in [0, 0.05) is 5.66 Å². The first-order valence-electron chi connectivity index (χ1n) is 6.59. The van der Waals surface area contributed by atoms with E-state index in [9.17, 15) is 10.0 Å². The van der Waals surface area contributed by atoms with Gasteiger partial charge in [-0.05, 0) is 34.6 Å². The Morgan fingerprint density at radius 3 is 2.25 bits per heavy atom. The number of hydrogen-bond acceptors (Lipinski definition) is 3. The average molecular weight is 287 g/mol. The molecule has 3 nitrogen and oxygen atoms in total. The second kappa shape index (κ2) is 6.74. The molecule has 4 heteroatoms. The molecular weight excluding hydrogens is 269 g/mol. The van der Waals surface area contributed by atoms with Crippen LogP contribution in [0.4, 0.5) is 5.69 Å². The molecular formula is C16H18NO2P. The summed E-state index contributed by atoms with van der Waals surface area (Å²) in [7, 11) is 0.488. The van der Waals surface area contributed by atoms with E-state index in [1.54, 1.807) is 13.0 Å². The minimum Gasteiger partial charge on any atom is -0.389 e. The number of nitroso groups, excluding NO2 is 1. The molecule has 0 saturated heterocycles. The highest BCUT2D eigenvalue weighted by Crippen LogP contribution is 2.39. The predicted molar refractivity (Wildman–Crippen MR) is 85.3 cm³/mol. The molecule has 0 aliphatic heterocycles. The van der Waals surface area contributed by atoms with E-state index in [-0.39, 0.29) is 5.66 Å². The van der Waals surface area contributed by atoms with E-state index < -0.39 is 6.10 Å². The first-order chi connectivity index (χ1) is 9.63. The molecule has 0 radical (unpaired) electrons. The lowest BCUT2D eigenvalue weighted by atomic mass is 10.1. The molecule has 1 N–H and O–H groups in total. The second-order valence-corrected chi connectivity index (χ2v) is 6.47. The fraction of sp³-hybridized carbons (Fsp3) is 0.250. The molecule has 104 valence electrons. The zero-order valence-electron chi connectivity index (χ0n) is 11.6. The molecule has 2 aromatic rings. The standard InChI is InChI=1S/C16H18NO2P/c1-11(18)13-7-4-6-10-16(13)20-12(2)14-8-3-5-9-15(14)17-19/h3-12,18,20H,1-2H3. The van der Waals surface area contributed by atoms with Crippen LogP contribution in [0, 0.1) is 4.91 Å². The number of nitrogens with zero attached hydrogens (tertiary/aromatic N) is 1. The molecule has 20 heavy (non-hydrogen) atoms. The summed E-state index contributed by atoms with van der Waals surface area (Å²) in [5.74, 6) is 0. The summed E-state index contributed by atoms with van der Waals surface area (Å²) in [6.45, 7) is 3.86. The summed E-state index contributed by atoms with van der Waals surface area (Å²) < 4.78 is 0. The zero-order valence-corrected chi connectivity index (χ0v) is 12.6. The van der Waals surface area contributed by atoms with Crippen molar-refractivity contribution in [1.82, 2.24) is 0 Å². The molecule has 0 bridgehead atoms. The molecule has 0 aromatic heterocycles. The van der Waals surface area contributed by atoms with Gasteiger partial charge in [0.05, 0.1) is 6.10 Å². The molecule has 0 spiro atoms. The van der Waals surface area contributed by atoms with Gasteiger partial charge in [0.25, 0.3) is 0 Å². The molecule has 0 saturated carbocycles. The van der Waals surface area contributed by atoms with E-state index in [0.717, 1.165) is 16.4 Å². The van der Waals surface area contributed by atoms with E-state index in [1.807, 2.05) is 42.5 Å². The third kappa shape index (κ3) is 3.30. The van der Waals surface area contributed by atoms with Crippen molar-refractivity contribution in [2.24, 2.45) is 5.18 Å².